The van der Waals surface area contributed by atoms with Gasteiger partial charge in [0.15, 0.2) is 5.13 Å². The molecule has 0 aliphatic carbocycles. The fraction of sp³-hybridized carbons (Fsp3) is 0.462. The first-order valence-electron chi connectivity index (χ1n) is 12.1. The number of nitrogens with one attached hydrogen (secondary N) is 2. The highest BCUT2D eigenvalue weighted by Crippen LogP contribution is 2.26. The third-order valence-electron chi connectivity index (χ3n) is 5.95. The van der Waals surface area contributed by atoms with Gasteiger partial charge in [-0.25, -0.2) is 9.97 Å². The number of carbonyl (C=O) groups excluding carboxylic acids is 2. The number of nitrogens with zero attached hydrogens (tertiary/aromatic N) is 4. The van der Waals surface area contributed by atoms with Gasteiger partial charge in [-0.1, -0.05) is 6.07 Å². The van der Waals surface area contributed by atoms with Crippen molar-refractivity contribution in [3.8, 4) is 11.4 Å². The van der Waals surface area contributed by atoms with Crippen LogP contribution >= 0.6 is 11.3 Å². The summed E-state index contributed by atoms with van der Waals surface area (Å²) >= 11 is 1.32. The Bertz CT molecular complexity index is 1220. The Kier molecular flexibility index (Phi) is 7.46. The van der Waals surface area contributed by atoms with E-state index < -0.39 is 6.04 Å². The van der Waals surface area contributed by atoms with Crippen LogP contribution in [0.4, 0.5) is 10.9 Å². The molecule has 1 fully saturated rings. The highest BCUT2D eigenvalue weighted by molar-refractivity contribution is 7.14. The molecular weight excluding hydrogens is 476 g/mol. The summed E-state index contributed by atoms with van der Waals surface area (Å²) < 4.78 is 7.79. The quantitative estimate of drug-likeness (QED) is 0.517. The minimum absolute atomic E-state index is 0.127. The molecule has 0 saturated carbocycles. The largest absolute Gasteiger partial charge is 0.372 e. The SMILES string of the molecule is CC1CN(c2cccc(-c3csc(NC(=O)[C@H](C)NC(=O)c4ccn(C(C)(C)C)c4)n3)n2)CC(C)O1. The fourth-order valence-electron chi connectivity index (χ4n) is 4.06. The van der Waals surface area contributed by atoms with Crippen molar-refractivity contribution in [2.24, 2.45) is 0 Å². The Hall–Kier alpha value is -3.24. The number of rotatable bonds is 6. The molecule has 3 aromatic heterocycles. The van der Waals surface area contributed by atoms with Crippen LogP contribution in [-0.2, 0) is 15.1 Å². The van der Waals surface area contributed by atoms with E-state index >= 15 is 0 Å². The maximum absolute atomic E-state index is 12.7. The molecule has 0 aromatic carbocycles. The van der Waals surface area contributed by atoms with Gasteiger partial charge >= 0.3 is 0 Å². The average Bonchev–Trinajstić information content (AvgIpc) is 3.48. The summed E-state index contributed by atoms with van der Waals surface area (Å²) in [5.41, 5.74) is 1.81. The third kappa shape index (κ3) is 6.11. The van der Waals surface area contributed by atoms with Gasteiger partial charge < -0.3 is 24.8 Å². The first-order valence-corrected chi connectivity index (χ1v) is 13.0. The lowest BCUT2D eigenvalue weighted by Gasteiger charge is -2.36. The number of hydrogen-bond acceptors (Lipinski definition) is 7. The van der Waals surface area contributed by atoms with E-state index in [4.69, 9.17) is 9.72 Å². The van der Waals surface area contributed by atoms with Crippen molar-refractivity contribution in [2.75, 3.05) is 23.3 Å². The number of hydrogen-bond donors (Lipinski definition) is 2. The predicted octanol–water partition coefficient (Wildman–Crippen LogP) is 4.13. The molecule has 2 unspecified atom stereocenters. The molecular formula is C26H34N6O3S. The molecule has 1 aliphatic heterocycles. The number of amides is 2. The minimum Gasteiger partial charge on any atom is -0.372 e. The molecule has 1 aliphatic rings. The van der Waals surface area contributed by atoms with Crippen LogP contribution in [0, 0.1) is 0 Å². The lowest BCUT2D eigenvalue weighted by molar-refractivity contribution is -0.117. The van der Waals surface area contributed by atoms with Crippen molar-refractivity contribution in [1.29, 1.82) is 0 Å². The zero-order valence-electron chi connectivity index (χ0n) is 21.6. The molecule has 3 aromatic rings. The molecule has 10 heteroatoms. The standard InChI is InChI=1S/C26H34N6O3S/c1-16-12-31(13-17(2)35-16)22-9-7-8-20(28-22)21-15-36-25(29-21)30-23(33)18(3)27-24(34)19-10-11-32(14-19)26(4,5)6/h7-11,14-18H,12-13H2,1-6H3,(H,27,34)(H,29,30,33)/t16?,17?,18-/m0/s1. The molecule has 36 heavy (non-hydrogen) atoms. The zero-order valence-corrected chi connectivity index (χ0v) is 22.4. The summed E-state index contributed by atoms with van der Waals surface area (Å²) in [4.78, 5) is 36.9. The second kappa shape index (κ2) is 10.4. The van der Waals surface area contributed by atoms with Crippen molar-refractivity contribution in [1.82, 2.24) is 19.9 Å². The number of pyridine rings is 1. The third-order valence-corrected chi connectivity index (χ3v) is 6.70. The van der Waals surface area contributed by atoms with Gasteiger partial charge in [0.25, 0.3) is 5.91 Å². The van der Waals surface area contributed by atoms with Crippen LogP contribution in [0.3, 0.4) is 0 Å². The Morgan fingerprint density at radius 2 is 1.83 bits per heavy atom. The van der Waals surface area contributed by atoms with Crippen LogP contribution in [0.25, 0.3) is 11.4 Å². The molecule has 192 valence electrons. The molecule has 0 spiro atoms. The van der Waals surface area contributed by atoms with Crippen molar-refractivity contribution < 1.29 is 14.3 Å². The van der Waals surface area contributed by atoms with Gasteiger partial charge in [0, 0.05) is 36.4 Å². The van der Waals surface area contributed by atoms with Crippen molar-refractivity contribution in [3.05, 3.63) is 47.6 Å². The fourth-order valence-corrected chi connectivity index (χ4v) is 4.77. The van der Waals surface area contributed by atoms with Gasteiger partial charge in [-0.3, -0.25) is 9.59 Å². The molecule has 0 bridgehead atoms. The monoisotopic (exact) mass is 510 g/mol. The van der Waals surface area contributed by atoms with Crippen LogP contribution in [0.15, 0.2) is 42.0 Å². The second-order valence-electron chi connectivity index (χ2n) is 10.2. The number of aromatic nitrogens is 3. The van der Waals surface area contributed by atoms with Crippen LogP contribution in [0.1, 0.15) is 51.9 Å². The van der Waals surface area contributed by atoms with Crippen LogP contribution in [0.5, 0.6) is 0 Å². The van der Waals surface area contributed by atoms with E-state index in [1.54, 1.807) is 19.2 Å². The van der Waals surface area contributed by atoms with Gasteiger partial charge in [0.1, 0.15) is 17.6 Å². The van der Waals surface area contributed by atoms with Gasteiger partial charge in [-0.05, 0) is 59.7 Å². The van der Waals surface area contributed by atoms with E-state index in [0.29, 0.717) is 16.4 Å². The van der Waals surface area contributed by atoms with Crippen molar-refractivity contribution in [3.63, 3.8) is 0 Å². The highest BCUT2D eigenvalue weighted by Gasteiger charge is 2.24. The minimum atomic E-state index is -0.727. The second-order valence-corrected chi connectivity index (χ2v) is 11.1. The zero-order chi connectivity index (χ0) is 26.0. The maximum Gasteiger partial charge on any atom is 0.253 e. The average molecular weight is 511 g/mol. The number of ether oxygens (including phenoxy) is 1. The molecule has 2 N–H and O–H groups in total. The molecule has 9 nitrogen and oxygen atoms in total. The number of morpholine rings is 1. The van der Waals surface area contributed by atoms with Crippen LogP contribution in [-0.4, -0.2) is 57.7 Å². The van der Waals surface area contributed by atoms with E-state index in [-0.39, 0.29) is 29.6 Å². The summed E-state index contributed by atoms with van der Waals surface area (Å²) in [7, 11) is 0. The molecule has 4 rings (SSSR count). The Morgan fingerprint density at radius 1 is 1.11 bits per heavy atom. The van der Waals surface area contributed by atoms with Crippen LogP contribution < -0.4 is 15.5 Å². The number of thiazole rings is 1. The predicted molar refractivity (Wildman–Crippen MR) is 143 cm³/mol. The van der Waals surface area contributed by atoms with Gasteiger partial charge in [-0.2, -0.15) is 0 Å². The lowest BCUT2D eigenvalue weighted by Crippen LogP contribution is -2.45. The molecule has 3 atom stereocenters. The van der Waals surface area contributed by atoms with E-state index in [2.05, 4.69) is 55.1 Å². The number of carbonyl (C=O) groups is 2. The van der Waals surface area contributed by atoms with E-state index in [1.165, 1.54) is 11.3 Å². The first kappa shape index (κ1) is 25.8. The lowest BCUT2D eigenvalue weighted by atomic mass is 10.1. The van der Waals surface area contributed by atoms with E-state index in [0.717, 1.165) is 24.6 Å². The maximum atomic E-state index is 12.7. The van der Waals surface area contributed by atoms with E-state index in [1.807, 2.05) is 34.3 Å². The summed E-state index contributed by atoms with van der Waals surface area (Å²) in [6.07, 6.45) is 3.93. The Labute approximate surface area is 215 Å². The highest BCUT2D eigenvalue weighted by atomic mass is 32.1. The Morgan fingerprint density at radius 3 is 2.50 bits per heavy atom. The molecule has 0 radical (unpaired) electrons. The van der Waals surface area contributed by atoms with E-state index in [9.17, 15) is 9.59 Å². The normalized spacial score (nSPS) is 19.1. The van der Waals surface area contributed by atoms with Crippen molar-refractivity contribution >= 4 is 34.1 Å². The molecule has 4 heterocycles. The van der Waals surface area contributed by atoms with Crippen LogP contribution in [0.2, 0.25) is 0 Å². The van der Waals surface area contributed by atoms with Gasteiger partial charge in [-0.15, -0.1) is 11.3 Å². The van der Waals surface area contributed by atoms with Gasteiger partial charge in [0.05, 0.1) is 23.5 Å². The summed E-state index contributed by atoms with van der Waals surface area (Å²) in [5, 5.41) is 7.88. The number of anilines is 2. The summed E-state index contributed by atoms with van der Waals surface area (Å²) in [6.45, 7) is 13.5. The molecule has 1 saturated heterocycles. The first-order chi connectivity index (χ1) is 17.0. The van der Waals surface area contributed by atoms with Crippen molar-refractivity contribution in [2.45, 2.75) is 65.3 Å². The Balaban J connectivity index is 1.38. The summed E-state index contributed by atoms with van der Waals surface area (Å²) in [6, 6.07) is 6.88. The summed E-state index contributed by atoms with van der Waals surface area (Å²) in [5.74, 6) is 0.246. The smallest absolute Gasteiger partial charge is 0.253 e. The molecule has 2 amide bonds. The van der Waals surface area contributed by atoms with Gasteiger partial charge in [0.2, 0.25) is 5.91 Å². The topological polar surface area (TPSA) is 101 Å².